The summed E-state index contributed by atoms with van der Waals surface area (Å²) >= 11 is 0. The van der Waals surface area contributed by atoms with E-state index in [1.54, 1.807) is 31.4 Å². The van der Waals surface area contributed by atoms with Crippen LogP contribution >= 0.6 is 0 Å². The summed E-state index contributed by atoms with van der Waals surface area (Å²) < 4.78 is 31.8. The van der Waals surface area contributed by atoms with E-state index in [1.807, 2.05) is 36.4 Å². The fraction of sp³-hybridized carbons (Fsp3) is 0.250. The number of halogens is 1. The van der Waals surface area contributed by atoms with Gasteiger partial charge in [0.15, 0.2) is 0 Å². The fourth-order valence-electron chi connectivity index (χ4n) is 3.94. The fourth-order valence-corrected chi connectivity index (χ4v) is 3.94. The lowest BCUT2D eigenvalue weighted by atomic mass is 10.00. The number of benzene rings is 3. The zero-order chi connectivity index (χ0) is 24.1. The van der Waals surface area contributed by atoms with Crippen molar-refractivity contribution in [2.24, 2.45) is 5.73 Å². The summed E-state index contributed by atoms with van der Waals surface area (Å²) in [6, 6.07) is 16.6. The zero-order valence-electron chi connectivity index (χ0n) is 19.4. The van der Waals surface area contributed by atoms with Gasteiger partial charge in [0.05, 0.1) is 19.3 Å². The van der Waals surface area contributed by atoms with Crippen molar-refractivity contribution in [3.8, 4) is 16.9 Å². The van der Waals surface area contributed by atoms with Gasteiger partial charge in [0.2, 0.25) is 0 Å². The molecule has 176 valence electrons. The predicted molar refractivity (Wildman–Crippen MR) is 130 cm³/mol. The van der Waals surface area contributed by atoms with Crippen LogP contribution in [-0.2, 0) is 35.5 Å². The molecule has 4 aromatic rings. The number of aryl methyl sites for hydroxylation is 1. The van der Waals surface area contributed by atoms with E-state index in [0.717, 1.165) is 34.1 Å². The van der Waals surface area contributed by atoms with Crippen molar-refractivity contribution in [1.82, 2.24) is 0 Å². The molecule has 0 saturated heterocycles. The van der Waals surface area contributed by atoms with Gasteiger partial charge in [0.1, 0.15) is 23.8 Å². The van der Waals surface area contributed by atoms with Gasteiger partial charge in [-0.2, -0.15) is 0 Å². The SMILES string of the molecule is CCOC(=O)Cc1ccc(CC)cc1OCc1coc2ccc(-c3cccc(CN)c3F)cc12. The number of furan rings is 1. The molecular formula is C28H28FNO4. The first-order chi connectivity index (χ1) is 16.5. The molecule has 0 radical (unpaired) electrons. The number of carbonyl (C=O) groups excluding carboxylic acids is 1. The number of nitrogens with two attached hydrogens (primary N) is 1. The Balaban J connectivity index is 1.62. The molecule has 0 saturated carbocycles. The number of carbonyl (C=O) groups is 1. The third-order valence-corrected chi connectivity index (χ3v) is 5.83. The smallest absolute Gasteiger partial charge is 0.310 e. The standard InChI is InChI=1S/C28H28FNO4/c1-3-18-8-9-20(14-27(31)32-4-2)26(12-18)34-17-22-16-33-25-11-10-19(13-24(22)25)23-7-5-6-21(15-30)28(23)29/h5-13,16H,3-4,14-15,17,30H2,1-2H3. The first-order valence-corrected chi connectivity index (χ1v) is 11.4. The van der Waals surface area contributed by atoms with Crippen molar-refractivity contribution in [1.29, 1.82) is 0 Å². The summed E-state index contributed by atoms with van der Waals surface area (Å²) in [6.07, 6.45) is 2.64. The molecule has 0 atom stereocenters. The van der Waals surface area contributed by atoms with Crippen LogP contribution in [0.4, 0.5) is 4.39 Å². The number of hydrogen-bond donors (Lipinski definition) is 1. The van der Waals surface area contributed by atoms with Gasteiger partial charge in [-0.1, -0.05) is 43.3 Å². The summed E-state index contributed by atoms with van der Waals surface area (Å²) in [4.78, 5) is 12.0. The van der Waals surface area contributed by atoms with Gasteiger partial charge < -0.3 is 19.6 Å². The van der Waals surface area contributed by atoms with E-state index in [4.69, 9.17) is 19.6 Å². The average molecular weight is 462 g/mol. The number of esters is 1. The minimum atomic E-state index is -0.314. The molecule has 0 unspecified atom stereocenters. The molecule has 0 fully saturated rings. The molecular weight excluding hydrogens is 433 g/mol. The highest BCUT2D eigenvalue weighted by molar-refractivity contribution is 5.86. The minimum absolute atomic E-state index is 0.137. The summed E-state index contributed by atoms with van der Waals surface area (Å²) in [5, 5.41) is 0.841. The third-order valence-electron chi connectivity index (χ3n) is 5.83. The Kier molecular flexibility index (Phi) is 7.28. The molecule has 3 aromatic carbocycles. The highest BCUT2D eigenvalue weighted by Gasteiger charge is 2.15. The van der Waals surface area contributed by atoms with Gasteiger partial charge in [-0.3, -0.25) is 4.79 Å². The summed E-state index contributed by atoms with van der Waals surface area (Å²) in [5.41, 5.74) is 10.8. The highest BCUT2D eigenvalue weighted by Crippen LogP contribution is 2.31. The van der Waals surface area contributed by atoms with Crippen molar-refractivity contribution in [3.63, 3.8) is 0 Å². The van der Waals surface area contributed by atoms with E-state index in [1.165, 1.54) is 0 Å². The van der Waals surface area contributed by atoms with E-state index in [0.29, 0.717) is 29.1 Å². The molecule has 0 bridgehead atoms. The van der Waals surface area contributed by atoms with Crippen LogP contribution in [0.5, 0.6) is 5.75 Å². The Hall–Kier alpha value is -3.64. The lowest BCUT2D eigenvalue weighted by Gasteiger charge is -2.13. The first-order valence-electron chi connectivity index (χ1n) is 11.4. The molecule has 0 aliphatic rings. The molecule has 0 spiro atoms. The van der Waals surface area contributed by atoms with Crippen molar-refractivity contribution in [2.75, 3.05) is 6.61 Å². The molecule has 1 heterocycles. The van der Waals surface area contributed by atoms with Crippen LogP contribution in [-0.4, -0.2) is 12.6 Å². The van der Waals surface area contributed by atoms with Gasteiger partial charge in [0, 0.05) is 34.2 Å². The van der Waals surface area contributed by atoms with Crippen LogP contribution in [0.2, 0.25) is 0 Å². The number of hydrogen-bond acceptors (Lipinski definition) is 5. The van der Waals surface area contributed by atoms with E-state index < -0.39 is 0 Å². The van der Waals surface area contributed by atoms with E-state index in [2.05, 4.69) is 6.92 Å². The third kappa shape index (κ3) is 4.97. The largest absolute Gasteiger partial charge is 0.488 e. The van der Waals surface area contributed by atoms with Crippen LogP contribution in [0, 0.1) is 5.82 Å². The van der Waals surface area contributed by atoms with Crippen molar-refractivity contribution in [3.05, 3.63) is 88.9 Å². The van der Waals surface area contributed by atoms with Crippen LogP contribution < -0.4 is 10.5 Å². The molecule has 0 aliphatic carbocycles. The number of fused-ring (bicyclic) bond motifs is 1. The normalized spacial score (nSPS) is 11.1. The van der Waals surface area contributed by atoms with Crippen molar-refractivity contribution >= 4 is 16.9 Å². The molecule has 0 aliphatic heterocycles. The van der Waals surface area contributed by atoms with Gasteiger partial charge in [-0.25, -0.2) is 4.39 Å². The van der Waals surface area contributed by atoms with Gasteiger partial charge >= 0.3 is 5.97 Å². The van der Waals surface area contributed by atoms with E-state index in [-0.39, 0.29) is 31.4 Å². The molecule has 6 heteroatoms. The second-order valence-corrected chi connectivity index (χ2v) is 8.02. The van der Waals surface area contributed by atoms with E-state index >= 15 is 0 Å². The number of ether oxygens (including phenoxy) is 2. The maximum Gasteiger partial charge on any atom is 0.310 e. The molecule has 1 aromatic heterocycles. The number of rotatable bonds is 9. The second kappa shape index (κ2) is 10.5. The maximum atomic E-state index is 14.9. The van der Waals surface area contributed by atoms with Crippen LogP contribution in [0.15, 0.2) is 65.3 Å². The van der Waals surface area contributed by atoms with Crippen LogP contribution in [0.1, 0.15) is 36.1 Å². The molecule has 0 amide bonds. The predicted octanol–water partition coefficient (Wildman–Crippen LogP) is 5.94. The minimum Gasteiger partial charge on any atom is -0.488 e. The zero-order valence-corrected chi connectivity index (χ0v) is 19.4. The lowest BCUT2D eigenvalue weighted by Crippen LogP contribution is -2.09. The first kappa shape index (κ1) is 23.5. The van der Waals surface area contributed by atoms with Crippen molar-refractivity contribution < 1.29 is 23.1 Å². The Bertz CT molecular complexity index is 1310. The Labute approximate surface area is 198 Å². The molecule has 2 N–H and O–H groups in total. The Morgan fingerprint density at radius 3 is 2.65 bits per heavy atom. The topological polar surface area (TPSA) is 74.7 Å². The average Bonchev–Trinajstić information content (AvgIpc) is 3.26. The highest BCUT2D eigenvalue weighted by atomic mass is 19.1. The van der Waals surface area contributed by atoms with Crippen LogP contribution in [0.25, 0.3) is 22.1 Å². The molecule has 34 heavy (non-hydrogen) atoms. The van der Waals surface area contributed by atoms with Crippen LogP contribution in [0.3, 0.4) is 0 Å². The second-order valence-electron chi connectivity index (χ2n) is 8.02. The maximum absolute atomic E-state index is 14.9. The lowest BCUT2D eigenvalue weighted by molar-refractivity contribution is -0.142. The molecule has 4 rings (SSSR count). The quantitative estimate of drug-likeness (QED) is 0.312. The van der Waals surface area contributed by atoms with E-state index in [9.17, 15) is 9.18 Å². The molecule has 5 nitrogen and oxygen atoms in total. The Morgan fingerprint density at radius 1 is 1.03 bits per heavy atom. The monoisotopic (exact) mass is 461 g/mol. The van der Waals surface area contributed by atoms with Gasteiger partial charge in [-0.15, -0.1) is 0 Å². The summed E-state index contributed by atoms with van der Waals surface area (Å²) in [6.45, 7) is 4.56. The summed E-state index contributed by atoms with van der Waals surface area (Å²) in [7, 11) is 0. The van der Waals surface area contributed by atoms with Gasteiger partial charge in [-0.05, 0) is 42.7 Å². The van der Waals surface area contributed by atoms with Gasteiger partial charge in [0.25, 0.3) is 0 Å². The van der Waals surface area contributed by atoms with Crippen molar-refractivity contribution in [2.45, 2.75) is 39.8 Å². The summed E-state index contributed by atoms with van der Waals surface area (Å²) in [5.74, 6) is 0.0296. The Morgan fingerprint density at radius 2 is 1.88 bits per heavy atom.